The molecule has 1 aromatic carbocycles. The molecule has 0 aliphatic rings. The summed E-state index contributed by atoms with van der Waals surface area (Å²) in [6.07, 6.45) is 3.58. The second-order valence-corrected chi connectivity index (χ2v) is 4.33. The van der Waals surface area contributed by atoms with Crippen LogP contribution in [0.2, 0.25) is 0 Å². The number of benzene rings is 1. The number of hydrogen-bond donors (Lipinski definition) is 1. The number of para-hydroxylation sites is 1. The summed E-state index contributed by atoms with van der Waals surface area (Å²) in [5.74, 6) is 0.999. The number of methoxy groups -OCH3 is 1. The van der Waals surface area contributed by atoms with E-state index in [1.54, 1.807) is 7.11 Å². The van der Waals surface area contributed by atoms with E-state index < -0.39 is 0 Å². The third kappa shape index (κ3) is 6.03. The van der Waals surface area contributed by atoms with Crippen molar-refractivity contribution in [2.24, 2.45) is 0 Å². The van der Waals surface area contributed by atoms with Crippen LogP contribution in [0.5, 0.6) is 5.75 Å². The van der Waals surface area contributed by atoms with Gasteiger partial charge in [0.1, 0.15) is 5.75 Å². The molecule has 0 spiro atoms. The normalized spacial score (nSPS) is 10.6. The molecule has 0 aromatic heterocycles. The molecule has 102 valence electrons. The average Bonchev–Trinajstić information content (AvgIpc) is 2.41. The Morgan fingerprint density at radius 2 is 1.94 bits per heavy atom. The number of nitrogens with one attached hydrogen (secondary N) is 1. The Labute approximate surface area is 110 Å². The van der Waals surface area contributed by atoms with Crippen molar-refractivity contribution in [3.8, 4) is 5.75 Å². The summed E-state index contributed by atoms with van der Waals surface area (Å²) in [6, 6.07) is 8.22. The van der Waals surface area contributed by atoms with E-state index in [0.717, 1.165) is 38.5 Å². The summed E-state index contributed by atoms with van der Waals surface area (Å²) in [7, 11) is 1.71. The van der Waals surface area contributed by atoms with Crippen molar-refractivity contribution in [2.45, 2.75) is 32.7 Å². The van der Waals surface area contributed by atoms with Crippen molar-refractivity contribution in [3.63, 3.8) is 0 Å². The quantitative estimate of drug-likeness (QED) is 0.648. The first-order valence-corrected chi connectivity index (χ1v) is 6.78. The third-order valence-corrected chi connectivity index (χ3v) is 2.78. The second kappa shape index (κ2) is 9.92. The predicted molar refractivity (Wildman–Crippen MR) is 75.0 cm³/mol. The number of ether oxygens (including phenoxy) is 2. The maximum atomic E-state index is 5.82. The highest BCUT2D eigenvalue weighted by Crippen LogP contribution is 2.18. The molecule has 0 saturated heterocycles. The monoisotopic (exact) mass is 251 g/mol. The van der Waals surface area contributed by atoms with Crippen LogP contribution in [0, 0.1) is 0 Å². The average molecular weight is 251 g/mol. The zero-order valence-electron chi connectivity index (χ0n) is 11.6. The van der Waals surface area contributed by atoms with Gasteiger partial charge in [0.25, 0.3) is 0 Å². The van der Waals surface area contributed by atoms with E-state index in [0.29, 0.717) is 0 Å². The molecule has 0 aliphatic carbocycles. The summed E-state index contributed by atoms with van der Waals surface area (Å²) in [5, 5.41) is 3.34. The van der Waals surface area contributed by atoms with E-state index in [1.165, 1.54) is 18.4 Å². The van der Waals surface area contributed by atoms with Gasteiger partial charge in [-0.25, -0.2) is 0 Å². The lowest BCUT2D eigenvalue weighted by atomic mass is 10.2. The van der Waals surface area contributed by atoms with Gasteiger partial charge in [0.05, 0.1) is 13.2 Å². The molecule has 3 nitrogen and oxygen atoms in total. The molecule has 0 fully saturated rings. The first kappa shape index (κ1) is 15.0. The van der Waals surface area contributed by atoms with Gasteiger partial charge < -0.3 is 14.8 Å². The molecule has 0 aliphatic heterocycles. The first-order valence-electron chi connectivity index (χ1n) is 6.78. The molecule has 1 aromatic rings. The van der Waals surface area contributed by atoms with Gasteiger partial charge in [-0.2, -0.15) is 0 Å². The minimum atomic E-state index is 0.736. The standard InChI is InChI=1S/C15H25NO2/c1-3-4-7-11-18-15-9-6-5-8-14(15)13-16-10-12-17-2/h5-6,8-9,16H,3-4,7,10-13H2,1-2H3. The van der Waals surface area contributed by atoms with Gasteiger partial charge in [-0.3, -0.25) is 0 Å². The highest BCUT2D eigenvalue weighted by atomic mass is 16.5. The molecule has 0 bridgehead atoms. The van der Waals surface area contributed by atoms with Gasteiger partial charge in [0.2, 0.25) is 0 Å². The van der Waals surface area contributed by atoms with Gasteiger partial charge in [0, 0.05) is 25.8 Å². The lowest BCUT2D eigenvalue weighted by Crippen LogP contribution is -2.19. The van der Waals surface area contributed by atoms with Gasteiger partial charge in [-0.1, -0.05) is 38.0 Å². The van der Waals surface area contributed by atoms with E-state index in [4.69, 9.17) is 9.47 Å². The van der Waals surface area contributed by atoms with Crippen LogP contribution in [0.25, 0.3) is 0 Å². The summed E-state index contributed by atoms with van der Waals surface area (Å²) >= 11 is 0. The topological polar surface area (TPSA) is 30.5 Å². The zero-order valence-corrected chi connectivity index (χ0v) is 11.6. The number of hydrogen-bond acceptors (Lipinski definition) is 3. The fourth-order valence-electron chi connectivity index (χ4n) is 1.72. The van der Waals surface area contributed by atoms with Crippen molar-refractivity contribution in [3.05, 3.63) is 29.8 Å². The lowest BCUT2D eigenvalue weighted by molar-refractivity contribution is 0.199. The summed E-state index contributed by atoms with van der Waals surface area (Å²) in [5.41, 5.74) is 1.21. The van der Waals surface area contributed by atoms with Crippen molar-refractivity contribution < 1.29 is 9.47 Å². The maximum Gasteiger partial charge on any atom is 0.123 e. The first-order chi connectivity index (χ1) is 8.88. The molecular weight excluding hydrogens is 226 g/mol. The summed E-state index contributed by atoms with van der Waals surface area (Å²) < 4.78 is 10.8. The Balaban J connectivity index is 2.36. The molecule has 1 rings (SSSR count). The molecule has 18 heavy (non-hydrogen) atoms. The van der Waals surface area contributed by atoms with Crippen LogP contribution in [0.15, 0.2) is 24.3 Å². The van der Waals surface area contributed by atoms with Crippen LogP contribution in [0.1, 0.15) is 31.7 Å². The Morgan fingerprint density at radius 1 is 1.11 bits per heavy atom. The molecule has 1 N–H and O–H groups in total. The Bertz CT molecular complexity index is 284. The van der Waals surface area contributed by atoms with Crippen LogP contribution in [0.4, 0.5) is 0 Å². The third-order valence-electron chi connectivity index (χ3n) is 2.78. The van der Waals surface area contributed by atoms with Crippen molar-refractivity contribution >= 4 is 0 Å². The number of unbranched alkanes of at least 4 members (excludes halogenated alkanes) is 2. The molecule has 0 saturated carbocycles. The highest BCUT2D eigenvalue weighted by Gasteiger charge is 2.02. The molecule has 3 heteroatoms. The summed E-state index contributed by atoms with van der Waals surface area (Å²) in [4.78, 5) is 0. The van der Waals surface area contributed by atoms with E-state index in [1.807, 2.05) is 18.2 Å². The van der Waals surface area contributed by atoms with Gasteiger partial charge in [-0.15, -0.1) is 0 Å². The van der Waals surface area contributed by atoms with Crippen molar-refractivity contribution in [2.75, 3.05) is 26.9 Å². The minimum Gasteiger partial charge on any atom is -0.493 e. The lowest BCUT2D eigenvalue weighted by Gasteiger charge is -2.12. The molecule has 0 radical (unpaired) electrons. The smallest absolute Gasteiger partial charge is 0.123 e. The molecule has 0 atom stereocenters. The second-order valence-electron chi connectivity index (χ2n) is 4.33. The van der Waals surface area contributed by atoms with Gasteiger partial charge in [-0.05, 0) is 12.5 Å². The fraction of sp³-hybridized carbons (Fsp3) is 0.600. The van der Waals surface area contributed by atoms with Crippen LogP contribution < -0.4 is 10.1 Å². The van der Waals surface area contributed by atoms with Crippen LogP contribution >= 0.6 is 0 Å². The SMILES string of the molecule is CCCCCOc1ccccc1CNCCOC. The van der Waals surface area contributed by atoms with E-state index in [2.05, 4.69) is 18.3 Å². The van der Waals surface area contributed by atoms with Crippen LogP contribution in [0.3, 0.4) is 0 Å². The van der Waals surface area contributed by atoms with Crippen molar-refractivity contribution in [1.82, 2.24) is 5.32 Å². The zero-order chi connectivity index (χ0) is 13.1. The van der Waals surface area contributed by atoms with Gasteiger partial charge >= 0.3 is 0 Å². The minimum absolute atomic E-state index is 0.736. The van der Waals surface area contributed by atoms with Crippen LogP contribution in [-0.4, -0.2) is 26.9 Å². The molecular formula is C15H25NO2. The highest BCUT2D eigenvalue weighted by molar-refractivity contribution is 5.33. The molecule has 0 unspecified atom stereocenters. The van der Waals surface area contributed by atoms with Gasteiger partial charge in [0.15, 0.2) is 0 Å². The Kier molecular flexibility index (Phi) is 8.26. The van der Waals surface area contributed by atoms with Crippen LogP contribution in [-0.2, 0) is 11.3 Å². The number of rotatable bonds is 10. The fourth-order valence-corrected chi connectivity index (χ4v) is 1.72. The van der Waals surface area contributed by atoms with E-state index in [-0.39, 0.29) is 0 Å². The Morgan fingerprint density at radius 3 is 2.72 bits per heavy atom. The van der Waals surface area contributed by atoms with Crippen molar-refractivity contribution in [1.29, 1.82) is 0 Å². The summed E-state index contributed by atoms with van der Waals surface area (Å²) in [6.45, 7) is 5.43. The van der Waals surface area contributed by atoms with E-state index in [9.17, 15) is 0 Å². The predicted octanol–water partition coefficient (Wildman–Crippen LogP) is 2.99. The molecule has 0 amide bonds. The Hall–Kier alpha value is -1.06. The van der Waals surface area contributed by atoms with E-state index >= 15 is 0 Å². The largest absolute Gasteiger partial charge is 0.493 e. The maximum absolute atomic E-state index is 5.82. The molecule has 0 heterocycles.